The summed E-state index contributed by atoms with van der Waals surface area (Å²) < 4.78 is 66.9. The maximum atomic E-state index is 13.8. The van der Waals surface area contributed by atoms with Crippen molar-refractivity contribution in [2.75, 3.05) is 32.9 Å². The van der Waals surface area contributed by atoms with Crippen LogP contribution >= 0.6 is 0 Å². The van der Waals surface area contributed by atoms with E-state index in [0.717, 1.165) is 6.07 Å². The molecule has 1 aliphatic rings. The average Bonchev–Trinajstić information content (AvgIpc) is 2.86. The number of carbonyl (C=O) groups excluding carboxylic acids is 2. The SMILES string of the molecule is CCOC(=O)c1ccc(Oc2c(C(F)(F)F)oc3cc(OC(=O)N4CCOCC4)ccc3c2=O)cc1. The fourth-order valence-corrected chi connectivity index (χ4v) is 3.40. The Hall–Kier alpha value is -4.06. The first-order valence-electron chi connectivity index (χ1n) is 10.8. The fourth-order valence-electron chi connectivity index (χ4n) is 3.40. The number of morpholine rings is 1. The number of rotatable bonds is 5. The Morgan fingerprint density at radius 1 is 1.03 bits per heavy atom. The van der Waals surface area contributed by atoms with Gasteiger partial charge in [-0.3, -0.25) is 4.79 Å². The Morgan fingerprint density at radius 3 is 2.33 bits per heavy atom. The lowest BCUT2D eigenvalue weighted by Gasteiger charge is -2.25. The first kappa shape index (κ1) is 25.0. The van der Waals surface area contributed by atoms with E-state index in [4.69, 9.17) is 23.4 Å². The minimum Gasteiger partial charge on any atom is -0.462 e. The van der Waals surface area contributed by atoms with Gasteiger partial charge in [0.25, 0.3) is 5.76 Å². The summed E-state index contributed by atoms with van der Waals surface area (Å²) in [6, 6.07) is 8.51. The minimum absolute atomic E-state index is 0.0986. The summed E-state index contributed by atoms with van der Waals surface area (Å²) in [5.74, 6) is -3.58. The van der Waals surface area contributed by atoms with Crippen LogP contribution in [0.2, 0.25) is 0 Å². The Bertz CT molecular complexity index is 1330. The van der Waals surface area contributed by atoms with Crippen LogP contribution in [0, 0.1) is 0 Å². The molecular weight excluding hydrogens is 487 g/mol. The van der Waals surface area contributed by atoms with Gasteiger partial charge < -0.3 is 28.3 Å². The van der Waals surface area contributed by atoms with E-state index in [9.17, 15) is 27.6 Å². The first-order chi connectivity index (χ1) is 17.2. The van der Waals surface area contributed by atoms with Gasteiger partial charge in [0.15, 0.2) is 0 Å². The number of amides is 1. The molecule has 1 fully saturated rings. The molecule has 0 radical (unpaired) electrons. The summed E-state index contributed by atoms with van der Waals surface area (Å²) in [5, 5.41) is -0.215. The molecule has 1 saturated heterocycles. The highest BCUT2D eigenvalue weighted by Crippen LogP contribution is 2.38. The standard InChI is InChI=1S/C24H20F3NO8/c1-2-33-22(30)14-3-5-15(6-4-14)34-20-19(29)17-8-7-16(13-18(17)36-21(20)24(25,26)27)35-23(31)28-9-11-32-12-10-28/h3-8,13H,2,9-12H2,1H3. The number of esters is 1. The van der Waals surface area contributed by atoms with Gasteiger partial charge in [-0.25, -0.2) is 9.59 Å². The molecule has 0 N–H and O–H groups in total. The Kier molecular flexibility index (Phi) is 7.15. The highest BCUT2D eigenvalue weighted by molar-refractivity contribution is 5.89. The van der Waals surface area contributed by atoms with Crippen LogP contribution in [0.3, 0.4) is 0 Å². The second-order valence-electron chi connectivity index (χ2n) is 7.56. The Balaban J connectivity index is 1.66. The summed E-state index contributed by atoms with van der Waals surface area (Å²) >= 11 is 0. The molecule has 36 heavy (non-hydrogen) atoms. The van der Waals surface area contributed by atoms with Crippen molar-refractivity contribution in [1.82, 2.24) is 4.90 Å². The zero-order valence-corrected chi connectivity index (χ0v) is 18.9. The molecule has 2 aromatic carbocycles. The lowest BCUT2D eigenvalue weighted by molar-refractivity contribution is -0.154. The van der Waals surface area contributed by atoms with Gasteiger partial charge in [-0.2, -0.15) is 13.2 Å². The first-order valence-corrected chi connectivity index (χ1v) is 10.8. The van der Waals surface area contributed by atoms with Crippen molar-refractivity contribution in [3.63, 3.8) is 0 Å². The molecule has 0 spiro atoms. The molecular formula is C24H20F3NO8. The monoisotopic (exact) mass is 507 g/mol. The number of alkyl halides is 3. The number of carbonyl (C=O) groups is 2. The zero-order chi connectivity index (χ0) is 25.9. The van der Waals surface area contributed by atoms with Gasteiger partial charge in [-0.15, -0.1) is 0 Å². The summed E-state index contributed by atoms with van der Waals surface area (Å²) in [4.78, 5) is 38.4. The number of fused-ring (bicyclic) bond motifs is 1. The van der Waals surface area contributed by atoms with Gasteiger partial charge >= 0.3 is 18.2 Å². The smallest absolute Gasteiger partial charge is 0.453 e. The molecule has 2 heterocycles. The van der Waals surface area contributed by atoms with Crippen LogP contribution in [0.15, 0.2) is 51.7 Å². The molecule has 0 bridgehead atoms. The molecule has 1 amide bonds. The third-order valence-electron chi connectivity index (χ3n) is 5.14. The second-order valence-corrected chi connectivity index (χ2v) is 7.56. The summed E-state index contributed by atoms with van der Waals surface area (Å²) in [6.45, 7) is 3.07. The lowest BCUT2D eigenvalue weighted by Crippen LogP contribution is -2.42. The third-order valence-corrected chi connectivity index (χ3v) is 5.14. The predicted molar refractivity (Wildman–Crippen MR) is 118 cm³/mol. The van der Waals surface area contributed by atoms with Crippen molar-refractivity contribution in [3.05, 3.63) is 64.0 Å². The van der Waals surface area contributed by atoms with Crippen LogP contribution in [0.5, 0.6) is 17.2 Å². The molecule has 3 aromatic rings. The Morgan fingerprint density at radius 2 is 1.69 bits per heavy atom. The zero-order valence-electron chi connectivity index (χ0n) is 18.9. The van der Waals surface area contributed by atoms with Gasteiger partial charge in [-0.1, -0.05) is 0 Å². The molecule has 1 aromatic heterocycles. The van der Waals surface area contributed by atoms with E-state index >= 15 is 0 Å². The van der Waals surface area contributed by atoms with Crippen molar-refractivity contribution in [1.29, 1.82) is 0 Å². The van der Waals surface area contributed by atoms with Crippen molar-refractivity contribution >= 4 is 23.0 Å². The number of halogens is 3. The van der Waals surface area contributed by atoms with Crippen LogP contribution in [-0.2, 0) is 15.7 Å². The van der Waals surface area contributed by atoms with E-state index in [2.05, 4.69) is 0 Å². The number of hydrogen-bond donors (Lipinski definition) is 0. The normalized spacial score (nSPS) is 13.9. The lowest BCUT2D eigenvalue weighted by atomic mass is 10.2. The number of nitrogens with zero attached hydrogens (tertiary/aromatic N) is 1. The van der Waals surface area contributed by atoms with Gasteiger partial charge in [0, 0.05) is 19.2 Å². The summed E-state index contributed by atoms with van der Waals surface area (Å²) in [5.41, 5.74) is -1.36. The number of benzene rings is 2. The molecule has 1 aliphatic heterocycles. The summed E-state index contributed by atoms with van der Waals surface area (Å²) in [6.07, 6.45) is -5.78. The van der Waals surface area contributed by atoms with Crippen molar-refractivity contribution < 1.29 is 46.1 Å². The van der Waals surface area contributed by atoms with Gasteiger partial charge in [0.05, 0.1) is 30.8 Å². The van der Waals surface area contributed by atoms with E-state index < -0.39 is 40.8 Å². The molecule has 9 nitrogen and oxygen atoms in total. The quantitative estimate of drug-likeness (QED) is 0.461. The Labute approximate surface area is 201 Å². The molecule has 190 valence electrons. The van der Waals surface area contributed by atoms with Crippen LogP contribution in [0.25, 0.3) is 11.0 Å². The molecule has 0 atom stereocenters. The van der Waals surface area contributed by atoms with Gasteiger partial charge in [0.2, 0.25) is 11.2 Å². The largest absolute Gasteiger partial charge is 0.462 e. The van der Waals surface area contributed by atoms with Gasteiger partial charge in [0.1, 0.15) is 17.1 Å². The maximum Gasteiger partial charge on any atom is 0.453 e. The third kappa shape index (κ3) is 5.43. The number of ether oxygens (including phenoxy) is 4. The average molecular weight is 507 g/mol. The molecule has 0 saturated carbocycles. The van der Waals surface area contributed by atoms with E-state index in [1.807, 2.05) is 0 Å². The molecule has 0 unspecified atom stereocenters. The van der Waals surface area contributed by atoms with Crippen LogP contribution in [0.4, 0.5) is 18.0 Å². The predicted octanol–water partition coefficient (Wildman–Crippen LogP) is 4.61. The topological polar surface area (TPSA) is 105 Å². The maximum absolute atomic E-state index is 13.8. The van der Waals surface area contributed by atoms with Crippen LogP contribution < -0.4 is 14.9 Å². The van der Waals surface area contributed by atoms with Crippen LogP contribution in [-0.4, -0.2) is 49.9 Å². The van der Waals surface area contributed by atoms with Crippen molar-refractivity contribution in [2.24, 2.45) is 0 Å². The second kappa shape index (κ2) is 10.3. The number of hydrogen-bond acceptors (Lipinski definition) is 8. The van der Waals surface area contributed by atoms with Crippen molar-refractivity contribution in [3.8, 4) is 17.2 Å². The van der Waals surface area contributed by atoms with Gasteiger partial charge in [-0.05, 0) is 43.3 Å². The highest BCUT2D eigenvalue weighted by Gasteiger charge is 2.40. The highest BCUT2D eigenvalue weighted by atomic mass is 19.4. The van der Waals surface area contributed by atoms with E-state index in [-0.39, 0.29) is 29.1 Å². The fraction of sp³-hybridized carbons (Fsp3) is 0.292. The molecule has 0 aliphatic carbocycles. The van der Waals surface area contributed by atoms with Crippen LogP contribution in [0.1, 0.15) is 23.0 Å². The van der Waals surface area contributed by atoms with E-state index in [1.54, 1.807) is 6.92 Å². The minimum atomic E-state index is -5.08. The molecule has 12 heteroatoms. The van der Waals surface area contributed by atoms with E-state index in [0.29, 0.717) is 26.3 Å². The van der Waals surface area contributed by atoms with E-state index in [1.165, 1.54) is 41.3 Å². The molecule has 4 rings (SSSR count). The summed E-state index contributed by atoms with van der Waals surface area (Å²) in [7, 11) is 0. The van der Waals surface area contributed by atoms with Crippen molar-refractivity contribution in [2.45, 2.75) is 13.1 Å².